The summed E-state index contributed by atoms with van der Waals surface area (Å²) in [6.45, 7) is -0.341. The highest BCUT2D eigenvalue weighted by molar-refractivity contribution is 4.90. The fourth-order valence-electron chi connectivity index (χ4n) is 0.580. The van der Waals surface area contributed by atoms with Crippen molar-refractivity contribution in [1.82, 2.24) is 10.1 Å². The Labute approximate surface area is 57.3 Å². The van der Waals surface area contributed by atoms with Gasteiger partial charge in [0, 0.05) is 0 Å². The van der Waals surface area contributed by atoms with Crippen LogP contribution in [0.25, 0.3) is 0 Å². The van der Waals surface area contributed by atoms with Gasteiger partial charge in [0.15, 0.2) is 5.82 Å². The van der Waals surface area contributed by atoms with Gasteiger partial charge in [-0.25, -0.2) is 0 Å². The molecule has 5 nitrogen and oxygen atoms in total. The standard InChI is InChI=1S/C5H8N2O3/c8-1-4(2-9)5-6-3-10-7-5/h3-4,8-9H,1-2H2. The first-order valence-corrected chi connectivity index (χ1v) is 2.86. The number of aromatic nitrogens is 2. The van der Waals surface area contributed by atoms with E-state index < -0.39 is 5.92 Å². The van der Waals surface area contributed by atoms with Crippen molar-refractivity contribution < 1.29 is 14.7 Å². The normalized spacial score (nSPS) is 10.7. The van der Waals surface area contributed by atoms with E-state index in [0.29, 0.717) is 5.82 Å². The van der Waals surface area contributed by atoms with Gasteiger partial charge in [-0.05, 0) is 0 Å². The lowest BCUT2D eigenvalue weighted by atomic mass is 10.2. The molecule has 1 rings (SSSR count). The van der Waals surface area contributed by atoms with Gasteiger partial charge in [0.25, 0.3) is 0 Å². The second-order valence-corrected chi connectivity index (χ2v) is 1.85. The monoisotopic (exact) mass is 144 g/mol. The first kappa shape index (κ1) is 7.17. The van der Waals surface area contributed by atoms with Gasteiger partial charge in [-0.1, -0.05) is 5.16 Å². The number of aliphatic hydroxyl groups is 2. The summed E-state index contributed by atoms with van der Waals surface area (Å²) in [5.41, 5.74) is 0. The molecular formula is C5H8N2O3. The Balaban J connectivity index is 2.64. The minimum Gasteiger partial charge on any atom is -0.396 e. The minimum atomic E-state index is -0.418. The van der Waals surface area contributed by atoms with Crippen LogP contribution in [-0.2, 0) is 0 Å². The third-order valence-corrected chi connectivity index (χ3v) is 1.18. The Bertz CT molecular complexity index is 171. The van der Waals surface area contributed by atoms with E-state index >= 15 is 0 Å². The van der Waals surface area contributed by atoms with Gasteiger partial charge in [-0.3, -0.25) is 0 Å². The van der Waals surface area contributed by atoms with Crippen molar-refractivity contribution in [3.05, 3.63) is 12.2 Å². The molecule has 0 aliphatic carbocycles. The van der Waals surface area contributed by atoms with Crippen molar-refractivity contribution in [2.24, 2.45) is 0 Å². The van der Waals surface area contributed by atoms with Gasteiger partial charge < -0.3 is 14.7 Å². The predicted octanol–water partition coefficient (Wildman–Crippen LogP) is -0.862. The van der Waals surface area contributed by atoms with Crippen LogP contribution in [0.4, 0.5) is 0 Å². The van der Waals surface area contributed by atoms with E-state index in [1.54, 1.807) is 0 Å². The molecule has 0 saturated carbocycles. The van der Waals surface area contributed by atoms with Crippen LogP contribution in [0.2, 0.25) is 0 Å². The molecule has 0 aromatic carbocycles. The number of aliphatic hydroxyl groups excluding tert-OH is 2. The van der Waals surface area contributed by atoms with Gasteiger partial charge >= 0.3 is 0 Å². The molecule has 0 bridgehead atoms. The topological polar surface area (TPSA) is 79.4 Å². The Morgan fingerprint density at radius 1 is 1.50 bits per heavy atom. The maximum absolute atomic E-state index is 8.62. The summed E-state index contributed by atoms with van der Waals surface area (Å²) in [6, 6.07) is 0. The van der Waals surface area contributed by atoms with E-state index in [1.165, 1.54) is 0 Å². The molecule has 0 atom stereocenters. The Morgan fingerprint density at radius 3 is 2.60 bits per heavy atom. The maximum atomic E-state index is 8.62. The van der Waals surface area contributed by atoms with Crippen molar-refractivity contribution in [2.45, 2.75) is 5.92 Å². The molecule has 0 unspecified atom stereocenters. The first-order chi connectivity index (χ1) is 4.88. The van der Waals surface area contributed by atoms with E-state index in [4.69, 9.17) is 10.2 Å². The molecule has 1 aromatic rings. The van der Waals surface area contributed by atoms with E-state index in [-0.39, 0.29) is 13.2 Å². The highest BCUT2D eigenvalue weighted by Crippen LogP contribution is 2.07. The molecule has 1 heterocycles. The van der Waals surface area contributed by atoms with Crippen LogP contribution in [0.3, 0.4) is 0 Å². The molecule has 0 saturated heterocycles. The van der Waals surface area contributed by atoms with Gasteiger partial charge in [-0.15, -0.1) is 0 Å². The lowest BCUT2D eigenvalue weighted by Gasteiger charge is -2.02. The molecule has 5 heteroatoms. The second-order valence-electron chi connectivity index (χ2n) is 1.85. The van der Waals surface area contributed by atoms with Crippen molar-refractivity contribution in [2.75, 3.05) is 13.2 Å². The van der Waals surface area contributed by atoms with Crippen LogP contribution in [0.15, 0.2) is 10.9 Å². The van der Waals surface area contributed by atoms with Crippen LogP contribution in [0, 0.1) is 0 Å². The van der Waals surface area contributed by atoms with Gasteiger partial charge in [0.2, 0.25) is 6.39 Å². The van der Waals surface area contributed by atoms with E-state index in [2.05, 4.69) is 14.7 Å². The molecule has 56 valence electrons. The average Bonchev–Trinajstić information content (AvgIpc) is 2.43. The molecule has 0 aliphatic rings. The summed E-state index contributed by atoms with van der Waals surface area (Å²) in [5.74, 6) is -0.0799. The summed E-state index contributed by atoms with van der Waals surface area (Å²) >= 11 is 0. The second kappa shape index (κ2) is 3.28. The molecule has 1 aromatic heterocycles. The molecule has 2 N–H and O–H groups in total. The van der Waals surface area contributed by atoms with E-state index in [9.17, 15) is 0 Å². The Morgan fingerprint density at radius 2 is 2.20 bits per heavy atom. The van der Waals surface area contributed by atoms with Crippen molar-refractivity contribution in [3.8, 4) is 0 Å². The fourth-order valence-corrected chi connectivity index (χ4v) is 0.580. The lowest BCUT2D eigenvalue weighted by molar-refractivity contribution is 0.185. The van der Waals surface area contributed by atoms with Crippen molar-refractivity contribution in [3.63, 3.8) is 0 Å². The quantitative estimate of drug-likeness (QED) is 0.577. The van der Waals surface area contributed by atoms with Crippen LogP contribution in [-0.4, -0.2) is 33.6 Å². The predicted molar refractivity (Wildman–Crippen MR) is 31.2 cm³/mol. The van der Waals surface area contributed by atoms with Gasteiger partial charge in [0.05, 0.1) is 19.1 Å². The van der Waals surface area contributed by atoms with E-state index in [0.717, 1.165) is 6.39 Å². The lowest BCUT2D eigenvalue weighted by Crippen LogP contribution is -2.10. The summed E-state index contributed by atoms with van der Waals surface area (Å²) in [7, 11) is 0. The summed E-state index contributed by atoms with van der Waals surface area (Å²) in [6.07, 6.45) is 1.16. The van der Waals surface area contributed by atoms with E-state index in [1.807, 2.05) is 0 Å². The fraction of sp³-hybridized carbons (Fsp3) is 0.600. The van der Waals surface area contributed by atoms with Gasteiger partial charge in [0.1, 0.15) is 0 Å². The summed E-state index contributed by atoms with van der Waals surface area (Å²) < 4.78 is 4.42. The number of nitrogens with zero attached hydrogens (tertiary/aromatic N) is 2. The molecule has 0 aliphatic heterocycles. The Hall–Kier alpha value is -0.940. The molecule has 0 radical (unpaired) electrons. The highest BCUT2D eigenvalue weighted by Gasteiger charge is 2.12. The zero-order chi connectivity index (χ0) is 7.40. The summed E-state index contributed by atoms with van der Waals surface area (Å²) in [5, 5.41) is 20.7. The zero-order valence-electron chi connectivity index (χ0n) is 5.27. The molecule has 10 heavy (non-hydrogen) atoms. The number of rotatable bonds is 3. The number of hydrogen-bond donors (Lipinski definition) is 2. The Kier molecular flexibility index (Phi) is 2.35. The van der Waals surface area contributed by atoms with Gasteiger partial charge in [-0.2, -0.15) is 4.98 Å². The zero-order valence-corrected chi connectivity index (χ0v) is 5.27. The maximum Gasteiger partial charge on any atom is 0.213 e. The smallest absolute Gasteiger partial charge is 0.213 e. The minimum absolute atomic E-state index is 0.171. The van der Waals surface area contributed by atoms with Crippen LogP contribution in [0.5, 0.6) is 0 Å². The summed E-state index contributed by atoms with van der Waals surface area (Å²) in [4.78, 5) is 3.66. The number of hydrogen-bond acceptors (Lipinski definition) is 5. The third-order valence-electron chi connectivity index (χ3n) is 1.18. The van der Waals surface area contributed by atoms with Crippen molar-refractivity contribution >= 4 is 0 Å². The molecule has 0 amide bonds. The SMILES string of the molecule is OCC(CO)c1ncon1. The molecule has 0 spiro atoms. The molecule has 0 fully saturated rings. The van der Waals surface area contributed by atoms with Crippen LogP contribution >= 0.6 is 0 Å². The first-order valence-electron chi connectivity index (χ1n) is 2.86. The molecular weight excluding hydrogens is 136 g/mol. The highest BCUT2D eigenvalue weighted by atomic mass is 16.5. The van der Waals surface area contributed by atoms with Crippen LogP contribution in [0.1, 0.15) is 11.7 Å². The largest absolute Gasteiger partial charge is 0.396 e. The van der Waals surface area contributed by atoms with Crippen LogP contribution < -0.4 is 0 Å². The average molecular weight is 144 g/mol. The third kappa shape index (κ3) is 1.31. The van der Waals surface area contributed by atoms with Crippen molar-refractivity contribution in [1.29, 1.82) is 0 Å².